The molecule has 0 aromatic rings. The molecule has 7 heteroatoms. The molecular formula is C13H7F4N3. The predicted molar refractivity (Wildman–Crippen MR) is 61.8 cm³/mol. The van der Waals surface area contributed by atoms with Gasteiger partial charge in [-0.3, -0.25) is 0 Å². The molecule has 0 amide bonds. The first kappa shape index (κ1) is 17.2. The molecule has 0 spiro atoms. The van der Waals surface area contributed by atoms with Crippen LogP contribution in [0, 0.1) is 34.0 Å². The van der Waals surface area contributed by atoms with Gasteiger partial charge in [-0.25, -0.2) is 17.6 Å². The van der Waals surface area contributed by atoms with Gasteiger partial charge in [-0.15, -0.1) is 0 Å². The number of hydrogen-bond acceptors (Lipinski definition) is 3. The molecule has 0 heterocycles. The Labute approximate surface area is 112 Å². The Morgan fingerprint density at radius 2 is 1.60 bits per heavy atom. The number of nitrogens with zero attached hydrogens (tertiary/aromatic N) is 3. The average Bonchev–Trinajstić information content (AvgIpc) is 2.47. The molecule has 102 valence electrons. The molecule has 0 aliphatic heterocycles. The van der Waals surface area contributed by atoms with Crippen LogP contribution in [0.5, 0.6) is 0 Å². The van der Waals surface area contributed by atoms with Gasteiger partial charge in [0.2, 0.25) is 0 Å². The van der Waals surface area contributed by atoms with E-state index in [-0.39, 0.29) is 6.42 Å². The molecule has 0 atom stereocenters. The molecule has 0 aliphatic rings. The molecule has 3 nitrogen and oxygen atoms in total. The lowest BCUT2D eigenvalue weighted by molar-refractivity contribution is 0.529. The molecule has 20 heavy (non-hydrogen) atoms. The van der Waals surface area contributed by atoms with Crippen molar-refractivity contribution in [1.29, 1.82) is 15.8 Å². The fourth-order valence-electron chi connectivity index (χ4n) is 1.17. The standard InChI is InChI=1S/C13H7F4N3/c1-2-8(3-4-18)12(16)13(17)11(10(15)5-14)9(6-19)7-20/h3,5H,2H2,1H3/b8-3+,10-5-,13-12-. The van der Waals surface area contributed by atoms with Crippen molar-refractivity contribution in [3.05, 3.63) is 46.6 Å². The van der Waals surface area contributed by atoms with E-state index in [0.29, 0.717) is 6.08 Å². The van der Waals surface area contributed by atoms with E-state index in [1.54, 1.807) is 0 Å². The Morgan fingerprint density at radius 1 is 1.05 bits per heavy atom. The first-order valence-corrected chi connectivity index (χ1v) is 5.13. The van der Waals surface area contributed by atoms with Crippen LogP contribution in [0.15, 0.2) is 46.6 Å². The minimum Gasteiger partial charge on any atom is -0.212 e. The van der Waals surface area contributed by atoms with Crippen molar-refractivity contribution in [3.63, 3.8) is 0 Å². The first-order valence-electron chi connectivity index (χ1n) is 5.13. The fourth-order valence-corrected chi connectivity index (χ4v) is 1.17. The summed E-state index contributed by atoms with van der Waals surface area (Å²) in [4.78, 5) is 0. The molecular weight excluding hydrogens is 274 g/mol. The predicted octanol–water partition coefficient (Wildman–Crippen LogP) is 4.12. The summed E-state index contributed by atoms with van der Waals surface area (Å²) >= 11 is 0. The molecule has 0 unspecified atom stereocenters. The summed E-state index contributed by atoms with van der Waals surface area (Å²) in [5, 5.41) is 25.5. The van der Waals surface area contributed by atoms with Gasteiger partial charge >= 0.3 is 0 Å². The van der Waals surface area contributed by atoms with Crippen molar-refractivity contribution >= 4 is 0 Å². The van der Waals surface area contributed by atoms with Crippen LogP contribution in [0.25, 0.3) is 0 Å². The lowest BCUT2D eigenvalue weighted by atomic mass is 10.0. The van der Waals surface area contributed by atoms with Crippen LogP contribution in [0.1, 0.15) is 13.3 Å². The smallest absolute Gasteiger partial charge is 0.171 e. The van der Waals surface area contributed by atoms with Crippen LogP contribution < -0.4 is 0 Å². The summed E-state index contributed by atoms with van der Waals surface area (Å²) in [6.07, 6.45) is -0.117. The minimum atomic E-state index is -1.92. The van der Waals surface area contributed by atoms with Crippen LogP contribution in [0.2, 0.25) is 0 Å². The van der Waals surface area contributed by atoms with Gasteiger partial charge in [0.05, 0.1) is 11.6 Å². The van der Waals surface area contributed by atoms with Crippen molar-refractivity contribution in [2.75, 3.05) is 0 Å². The largest absolute Gasteiger partial charge is 0.212 e. The topological polar surface area (TPSA) is 71.4 Å². The summed E-state index contributed by atoms with van der Waals surface area (Å²) in [5.74, 6) is -5.45. The van der Waals surface area contributed by atoms with Gasteiger partial charge in [0.1, 0.15) is 24.0 Å². The first-order chi connectivity index (χ1) is 9.48. The Hall–Kier alpha value is -2.85. The van der Waals surface area contributed by atoms with E-state index in [4.69, 9.17) is 15.8 Å². The third-order valence-electron chi connectivity index (χ3n) is 2.12. The van der Waals surface area contributed by atoms with Gasteiger partial charge in [-0.1, -0.05) is 6.92 Å². The number of allylic oxidation sites excluding steroid dienone is 7. The van der Waals surface area contributed by atoms with Gasteiger partial charge in [-0.05, 0) is 6.42 Å². The summed E-state index contributed by atoms with van der Waals surface area (Å²) in [7, 11) is 0. The maximum atomic E-state index is 13.8. The van der Waals surface area contributed by atoms with Crippen LogP contribution in [0.4, 0.5) is 17.6 Å². The third kappa shape index (κ3) is 3.83. The maximum absolute atomic E-state index is 13.8. The van der Waals surface area contributed by atoms with Crippen LogP contribution in [-0.2, 0) is 0 Å². The van der Waals surface area contributed by atoms with Crippen LogP contribution in [0.3, 0.4) is 0 Å². The van der Waals surface area contributed by atoms with Gasteiger partial charge in [-0.2, -0.15) is 15.8 Å². The van der Waals surface area contributed by atoms with Crippen molar-refractivity contribution in [2.24, 2.45) is 0 Å². The monoisotopic (exact) mass is 281 g/mol. The molecule has 0 radical (unpaired) electrons. The molecule has 0 fully saturated rings. The molecule has 0 rings (SSSR count). The van der Waals surface area contributed by atoms with Gasteiger partial charge in [0, 0.05) is 11.6 Å². The Balaban J connectivity index is 6.36. The van der Waals surface area contributed by atoms with E-state index in [9.17, 15) is 17.6 Å². The van der Waals surface area contributed by atoms with E-state index in [0.717, 1.165) is 12.1 Å². The second-order valence-electron chi connectivity index (χ2n) is 3.21. The quantitative estimate of drug-likeness (QED) is 0.442. The maximum Gasteiger partial charge on any atom is 0.171 e. The van der Waals surface area contributed by atoms with E-state index < -0.39 is 40.5 Å². The molecule has 0 saturated carbocycles. The second-order valence-corrected chi connectivity index (χ2v) is 3.21. The summed E-state index contributed by atoms with van der Waals surface area (Å²) in [6.45, 7) is 1.40. The number of halogens is 4. The molecule has 0 bridgehead atoms. The highest BCUT2D eigenvalue weighted by molar-refractivity contribution is 5.56. The molecule has 0 N–H and O–H groups in total. The van der Waals surface area contributed by atoms with E-state index in [1.165, 1.54) is 13.0 Å². The average molecular weight is 281 g/mol. The summed E-state index contributed by atoms with van der Waals surface area (Å²) in [6, 6.07) is 3.74. The SMILES string of the molecule is CCC(=C\C#N)/C(F)=C(/F)C(=C(C#N)C#N)/C(F)=C/F. The van der Waals surface area contributed by atoms with Gasteiger partial charge < -0.3 is 0 Å². The molecule has 0 saturated heterocycles. The lowest BCUT2D eigenvalue weighted by Gasteiger charge is -2.05. The van der Waals surface area contributed by atoms with Crippen LogP contribution in [-0.4, -0.2) is 0 Å². The molecule has 0 aromatic heterocycles. The normalized spacial score (nSPS) is 12.7. The van der Waals surface area contributed by atoms with Crippen LogP contribution >= 0.6 is 0 Å². The Bertz CT molecular complexity index is 618. The zero-order valence-electron chi connectivity index (χ0n) is 10.2. The van der Waals surface area contributed by atoms with Gasteiger partial charge in [0.15, 0.2) is 17.5 Å². The second kappa shape index (κ2) is 8.29. The van der Waals surface area contributed by atoms with E-state index >= 15 is 0 Å². The fraction of sp³-hybridized carbons (Fsp3) is 0.154. The van der Waals surface area contributed by atoms with Crippen molar-refractivity contribution in [3.8, 4) is 18.2 Å². The minimum absolute atomic E-state index is 0.102. The van der Waals surface area contributed by atoms with E-state index in [1.807, 2.05) is 0 Å². The van der Waals surface area contributed by atoms with Gasteiger partial charge in [0.25, 0.3) is 0 Å². The highest BCUT2D eigenvalue weighted by atomic mass is 19.2. The number of nitriles is 3. The third-order valence-corrected chi connectivity index (χ3v) is 2.12. The molecule has 0 aromatic carbocycles. The Kier molecular flexibility index (Phi) is 7.11. The number of rotatable bonds is 4. The van der Waals surface area contributed by atoms with E-state index in [2.05, 4.69) is 0 Å². The van der Waals surface area contributed by atoms with Crippen molar-refractivity contribution < 1.29 is 17.6 Å². The number of hydrogen-bond donors (Lipinski definition) is 0. The highest BCUT2D eigenvalue weighted by Crippen LogP contribution is 2.32. The van der Waals surface area contributed by atoms with Crippen molar-refractivity contribution in [1.82, 2.24) is 0 Å². The highest BCUT2D eigenvalue weighted by Gasteiger charge is 2.23. The molecule has 0 aliphatic carbocycles. The Morgan fingerprint density at radius 3 is 1.95 bits per heavy atom. The summed E-state index contributed by atoms with van der Waals surface area (Å²) in [5.41, 5.74) is -2.96. The summed E-state index contributed by atoms with van der Waals surface area (Å²) < 4.78 is 52.9. The lowest BCUT2D eigenvalue weighted by Crippen LogP contribution is -1.96. The zero-order chi connectivity index (χ0) is 15.7. The zero-order valence-corrected chi connectivity index (χ0v) is 10.2. The van der Waals surface area contributed by atoms with Crippen molar-refractivity contribution in [2.45, 2.75) is 13.3 Å².